The molecule has 0 spiro atoms. The van der Waals surface area contributed by atoms with Crippen LogP contribution in [0.4, 0.5) is 0 Å². The van der Waals surface area contributed by atoms with Crippen molar-refractivity contribution in [2.75, 3.05) is 13.1 Å². The van der Waals surface area contributed by atoms with Gasteiger partial charge in [0.05, 0.1) is 4.99 Å². The summed E-state index contributed by atoms with van der Waals surface area (Å²) in [6.07, 6.45) is 0.830. The average Bonchev–Trinajstić information content (AvgIpc) is 1.88. The van der Waals surface area contributed by atoms with Crippen molar-refractivity contribution in [3.05, 3.63) is 0 Å². The van der Waals surface area contributed by atoms with Gasteiger partial charge in [0.1, 0.15) is 0 Å². The summed E-state index contributed by atoms with van der Waals surface area (Å²) in [6, 6.07) is 0.488. The first-order valence-electron chi connectivity index (χ1n) is 4.14. The molecule has 2 nitrogen and oxygen atoms in total. The van der Waals surface area contributed by atoms with E-state index in [0.717, 1.165) is 19.5 Å². The van der Waals surface area contributed by atoms with Gasteiger partial charge < -0.3 is 10.6 Å². The molecule has 2 N–H and O–H groups in total. The Kier molecular flexibility index (Phi) is 5.42. The van der Waals surface area contributed by atoms with E-state index in [1.54, 1.807) is 0 Å². The van der Waals surface area contributed by atoms with Crippen molar-refractivity contribution < 1.29 is 0 Å². The fraction of sp³-hybridized carbons (Fsp3) is 0.875. The average molecular weight is 174 g/mol. The minimum Gasteiger partial charge on any atom is -0.393 e. The van der Waals surface area contributed by atoms with Crippen molar-refractivity contribution in [1.29, 1.82) is 0 Å². The lowest BCUT2D eigenvalue weighted by molar-refractivity contribution is 0.237. The minimum absolute atomic E-state index is 0.488. The summed E-state index contributed by atoms with van der Waals surface area (Å²) in [7, 11) is 0. The summed E-state index contributed by atoms with van der Waals surface area (Å²) in [5.41, 5.74) is 5.45. The zero-order valence-corrected chi connectivity index (χ0v) is 8.45. The van der Waals surface area contributed by atoms with Gasteiger partial charge in [-0.1, -0.05) is 26.1 Å². The Labute approximate surface area is 74.8 Å². The second-order valence-electron chi connectivity index (χ2n) is 2.74. The molecule has 0 heterocycles. The Morgan fingerprint density at radius 3 is 2.18 bits per heavy atom. The second kappa shape index (κ2) is 5.49. The quantitative estimate of drug-likeness (QED) is 0.639. The van der Waals surface area contributed by atoms with Gasteiger partial charge in [-0.2, -0.15) is 0 Å². The first kappa shape index (κ1) is 10.8. The van der Waals surface area contributed by atoms with E-state index in [1.165, 1.54) is 0 Å². The van der Waals surface area contributed by atoms with Gasteiger partial charge >= 0.3 is 0 Å². The van der Waals surface area contributed by atoms with Crippen LogP contribution in [0.1, 0.15) is 27.2 Å². The van der Waals surface area contributed by atoms with Gasteiger partial charge in [0.15, 0.2) is 0 Å². The molecular formula is C8H18N2S. The molecular weight excluding hydrogens is 156 g/mol. The molecule has 0 radical (unpaired) electrons. The predicted octanol–water partition coefficient (Wildman–Crippen LogP) is 1.39. The van der Waals surface area contributed by atoms with Crippen molar-refractivity contribution in [2.45, 2.75) is 33.2 Å². The molecule has 0 aliphatic carbocycles. The van der Waals surface area contributed by atoms with Crippen LogP contribution in [0.25, 0.3) is 0 Å². The third-order valence-corrected chi connectivity index (χ3v) is 2.10. The first-order chi connectivity index (χ1) is 5.11. The van der Waals surface area contributed by atoms with Crippen LogP contribution in [-0.2, 0) is 0 Å². The van der Waals surface area contributed by atoms with E-state index in [0.29, 0.717) is 11.0 Å². The molecule has 66 valence electrons. The van der Waals surface area contributed by atoms with Gasteiger partial charge in [0, 0.05) is 12.5 Å². The maximum Gasteiger partial charge on any atom is 0.0742 e. The van der Waals surface area contributed by atoms with Crippen molar-refractivity contribution in [2.24, 2.45) is 5.73 Å². The highest BCUT2D eigenvalue weighted by molar-refractivity contribution is 7.80. The van der Waals surface area contributed by atoms with Gasteiger partial charge in [0.2, 0.25) is 0 Å². The van der Waals surface area contributed by atoms with Gasteiger partial charge in [-0.25, -0.2) is 0 Å². The zero-order chi connectivity index (χ0) is 8.85. The van der Waals surface area contributed by atoms with E-state index in [4.69, 9.17) is 18.0 Å². The van der Waals surface area contributed by atoms with E-state index >= 15 is 0 Å². The second-order valence-corrected chi connectivity index (χ2v) is 3.27. The van der Waals surface area contributed by atoms with Crippen molar-refractivity contribution >= 4 is 17.2 Å². The van der Waals surface area contributed by atoms with Gasteiger partial charge in [0.25, 0.3) is 0 Å². The molecule has 0 fully saturated rings. The highest BCUT2D eigenvalue weighted by atomic mass is 32.1. The molecule has 0 saturated carbocycles. The van der Waals surface area contributed by atoms with E-state index in [-0.39, 0.29) is 0 Å². The molecule has 0 aliphatic heterocycles. The molecule has 0 bridgehead atoms. The van der Waals surface area contributed by atoms with Crippen LogP contribution >= 0.6 is 12.2 Å². The molecule has 0 aliphatic rings. The van der Waals surface area contributed by atoms with Crippen molar-refractivity contribution in [1.82, 2.24) is 4.90 Å². The fourth-order valence-corrected chi connectivity index (χ4v) is 1.51. The molecule has 0 saturated heterocycles. The summed E-state index contributed by atoms with van der Waals surface area (Å²) < 4.78 is 0. The molecule has 0 amide bonds. The number of rotatable bonds is 5. The van der Waals surface area contributed by atoms with Crippen LogP contribution in [0.5, 0.6) is 0 Å². The third-order valence-electron chi connectivity index (χ3n) is 1.93. The number of thiocarbonyl (C=S) groups is 1. The largest absolute Gasteiger partial charge is 0.393 e. The molecule has 0 aromatic heterocycles. The number of nitrogens with two attached hydrogens (primary N) is 1. The molecule has 0 aromatic rings. The summed E-state index contributed by atoms with van der Waals surface area (Å²) in [6.45, 7) is 8.60. The number of hydrogen-bond acceptors (Lipinski definition) is 2. The lowest BCUT2D eigenvalue weighted by atomic mass is 10.2. The van der Waals surface area contributed by atoms with E-state index in [9.17, 15) is 0 Å². The number of hydrogen-bond donors (Lipinski definition) is 1. The Morgan fingerprint density at radius 1 is 1.45 bits per heavy atom. The lowest BCUT2D eigenvalue weighted by Crippen LogP contribution is -2.35. The van der Waals surface area contributed by atoms with Crippen LogP contribution in [0.2, 0.25) is 0 Å². The molecule has 1 atom stereocenters. The zero-order valence-electron chi connectivity index (χ0n) is 7.63. The Hall–Kier alpha value is -0.150. The monoisotopic (exact) mass is 174 g/mol. The van der Waals surface area contributed by atoms with Crippen molar-refractivity contribution in [3.8, 4) is 0 Å². The standard InChI is InChI=1S/C8H18N2S/c1-4-10(5-2)7(3)6-8(9)11/h7H,4-6H2,1-3H3,(H2,9,11). The Balaban J connectivity index is 3.78. The Bertz CT molecular complexity index is 121. The molecule has 11 heavy (non-hydrogen) atoms. The fourth-order valence-electron chi connectivity index (χ4n) is 1.27. The summed E-state index contributed by atoms with van der Waals surface area (Å²) in [5.74, 6) is 0. The van der Waals surface area contributed by atoms with E-state index in [1.807, 2.05) is 0 Å². The summed E-state index contributed by atoms with van der Waals surface area (Å²) >= 11 is 4.84. The summed E-state index contributed by atoms with van der Waals surface area (Å²) in [4.78, 5) is 2.96. The maximum atomic E-state index is 5.45. The highest BCUT2D eigenvalue weighted by Gasteiger charge is 2.09. The van der Waals surface area contributed by atoms with E-state index in [2.05, 4.69) is 25.7 Å². The van der Waals surface area contributed by atoms with Gasteiger partial charge in [-0.15, -0.1) is 0 Å². The van der Waals surface area contributed by atoms with E-state index < -0.39 is 0 Å². The van der Waals surface area contributed by atoms with Gasteiger partial charge in [-0.3, -0.25) is 0 Å². The molecule has 0 rings (SSSR count). The molecule has 3 heteroatoms. The van der Waals surface area contributed by atoms with Crippen LogP contribution in [0, 0.1) is 0 Å². The van der Waals surface area contributed by atoms with Crippen molar-refractivity contribution in [3.63, 3.8) is 0 Å². The van der Waals surface area contributed by atoms with Crippen LogP contribution in [-0.4, -0.2) is 29.0 Å². The van der Waals surface area contributed by atoms with Gasteiger partial charge in [-0.05, 0) is 20.0 Å². The topological polar surface area (TPSA) is 29.3 Å². The SMILES string of the molecule is CCN(CC)C(C)CC(N)=S. The summed E-state index contributed by atoms with van der Waals surface area (Å²) in [5, 5.41) is 0. The smallest absolute Gasteiger partial charge is 0.0742 e. The Morgan fingerprint density at radius 2 is 1.91 bits per heavy atom. The highest BCUT2D eigenvalue weighted by Crippen LogP contribution is 2.02. The number of nitrogens with zero attached hydrogens (tertiary/aromatic N) is 1. The minimum atomic E-state index is 0.488. The first-order valence-corrected chi connectivity index (χ1v) is 4.55. The predicted molar refractivity (Wildman–Crippen MR) is 53.8 cm³/mol. The van der Waals surface area contributed by atoms with Crippen LogP contribution < -0.4 is 5.73 Å². The third kappa shape index (κ3) is 4.32. The normalized spacial score (nSPS) is 13.5. The van der Waals surface area contributed by atoms with Crippen LogP contribution in [0.3, 0.4) is 0 Å². The van der Waals surface area contributed by atoms with Crippen LogP contribution in [0.15, 0.2) is 0 Å². The molecule has 1 unspecified atom stereocenters. The maximum absolute atomic E-state index is 5.45. The molecule has 0 aromatic carbocycles. The lowest BCUT2D eigenvalue weighted by Gasteiger charge is -2.25.